The number of hydrogen-bond donors (Lipinski definition) is 3. The third-order valence-electron chi connectivity index (χ3n) is 5.97. The van der Waals surface area contributed by atoms with Gasteiger partial charge in [-0.15, -0.1) is 0 Å². The summed E-state index contributed by atoms with van der Waals surface area (Å²) in [4.78, 5) is 48.1. The zero-order chi connectivity index (χ0) is 27.1. The van der Waals surface area contributed by atoms with Gasteiger partial charge in [-0.25, -0.2) is 9.59 Å². The summed E-state index contributed by atoms with van der Waals surface area (Å²) in [7, 11) is 0. The number of aromatic hydroxyl groups is 1. The highest BCUT2D eigenvalue weighted by atomic mass is 16.6. The standard InChI is InChI=1S/C27H25N3O8/c31-21-11-5-17(6-12-21)25(32)29-23-16-28-15-1-2-24(23)38-27(34)19-7-13-22(14-8-19)37-26(33)18-3-9-20(10-4-18)30(35)36/h3-14,23-24,28,31H,1-2,15-16H2,(H,29,32)/t23-,24-/m1/s1. The second-order valence-corrected chi connectivity index (χ2v) is 8.63. The van der Waals surface area contributed by atoms with Crippen LogP contribution in [0.5, 0.6) is 11.5 Å². The van der Waals surface area contributed by atoms with Crippen LogP contribution in [0.4, 0.5) is 5.69 Å². The van der Waals surface area contributed by atoms with Crippen LogP contribution in [0.3, 0.4) is 0 Å². The summed E-state index contributed by atoms with van der Waals surface area (Å²) in [6.45, 7) is 1.13. The van der Waals surface area contributed by atoms with Gasteiger partial charge < -0.3 is 25.2 Å². The monoisotopic (exact) mass is 519 g/mol. The summed E-state index contributed by atoms with van der Waals surface area (Å²) in [6, 6.07) is 16.2. The molecular formula is C27H25N3O8. The van der Waals surface area contributed by atoms with Gasteiger partial charge in [0.15, 0.2) is 0 Å². The molecule has 0 radical (unpaired) electrons. The van der Waals surface area contributed by atoms with E-state index in [9.17, 15) is 29.6 Å². The number of nitro benzene ring substituents is 1. The van der Waals surface area contributed by atoms with Crippen molar-refractivity contribution in [1.29, 1.82) is 0 Å². The summed E-state index contributed by atoms with van der Waals surface area (Å²) in [6.07, 6.45) is 0.726. The quantitative estimate of drug-likeness (QED) is 0.184. The van der Waals surface area contributed by atoms with Crippen molar-refractivity contribution in [3.63, 3.8) is 0 Å². The van der Waals surface area contributed by atoms with Crippen molar-refractivity contribution in [2.75, 3.05) is 13.1 Å². The zero-order valence-corrected chi connectivity index (χ0v) is 20.2. The summed E-state index contributed by atoms with van der Waals surface area (Å²) in [5, 5.41) is 26.3. The molecule has 0 unspecified atom stereocenters. The van der Waals surface area contributed by atoms with E-state index < -0.39 is 29.0 Å². The number of esters is 2. The lowest BCUT2D eigenvalue weighted by atomic mass is 10.1. The number of phenolic OH excluding ortho intramolecular Hbond substituents is 1. The molecule has 11 heteroatoms. The van der Waals surface area contributed by atoms with E-state index in [1.54, 1.807) is 0 Å². The van der Waals surface area contributed by atoms with Crippen LogP contribution in [-0.4, -0.2) is 53.1 Å². The number of amides is 1. The zero-order valence-electron chi connectivity index (χ0n) is 20.2. The first kappa shape index (κ1) is 26.3. The molecule has 2 atom stereocenters. The molecule has 1 heterocycles. The Balaban J connectivity index is 1.37. The predicted octanol–water partition coefficient (Wildman–Crippen LogP) is 3.23. The van der Waals surface area contributed by atoms with E-state index in [2.05, 4.69) is 10.6 Å². The molecule has 1 aliphatic heterocycles. The van der Waals surface area contributed by atoms with E-state index >= 15 is 0 Å². The highest BCUT2D eigenvalue weighted by molar-refractivity contribution is 5.95. The molecule has 0 spiro atoms. The molecule has 0 bridgehead atoms. The van der Waals surface area contributed by atoms with Crippen LogP contribution >= 0.6 is 0 Å². The fourth-order valence-corrected chi connectivity index (χ4v) is 3.92. The number of benzene rings is 3. The first-order chi connectivity index (χ1) is 18.3. The average Bonchev–Trinajstić information content (AvgIpc) is 3.14. The van der Waals surface area contributed by atoms with Crippen molar-refractivity contribution in [3.05, 3.63) is 99.6 Å². The largest absolute Gasteiger partial charge is 0.508 e. The van der Waals surface area contributed by atoms with E-state index in [0.29, 0.717) is 25.1 Å². The number of carbonyl (C=O) groups is 3. The van der Waals surface area contributed by atoms with Crippen molar-refractivity contribution in [2.24, 2.45) is 0 Å². The number of hydrogen-bond acceptors (Lipinski definition) is 9. The lowest BCUT2D eigenvalue weighted by Gasteiger charge is -2.26. The van der Waals surface area contributed by atoms with Crippen LogP contribution in [-0.2, 0) is 4.74 Å². The van der Waals surface area contributed by atoms with Gasteiger partial charge in [0.2, 0.25) is 0 Å². The van der Waals surface area contributed by atoms with Gasteiger partial charge in [0.1, 0.15) is 17.6 Å². The van der Waals surface area contributed by atoms with Crippen LogP contribution in [0.15, 0.2) is 72.8 Å². The lowest BCUT2D eigenvalue weighted by molar-refractivity contribution is -0.384. The average molecular weight is 520 g/mol. The molecular weight excluding hydrogens is 494 g/mol. The Morgan fingerprint density at radius 3 is 2.16 bits per heavy atom. The van der Waals surface area contributed by atoms with E-state index in [1.165, 1.54) is 72.8 Å². The van der Waals surface area contributed by atoms with E-state index in [4.69, 9.17) is 9.47 Å². The minimum absolute atomic E-state index is 0.0524. The third-order valence-corrected chi connectivity index (χ3v) is 5.97. The van der Waals surface area contributed by atoms with Gasteiger partial charge in [0.05, 0.1) is 22.1 Å². The number of nitrogens with zero attached hydrogens (tertiary/aromatic N) is 1. The van der Waals surface area contributed by atoms with Gasteiger partial charge >= 0.3 is 11.9 Å². The number of carbonyl (C=O) groups excluding carboxylic acids is 3. The summed E-state index contributed by atoms with van der Waals surface area (Å²) in [5.74, 6) is -1.40. The van der Waals surface area contributed by atoms with Gasteiger partial charge in [-0.2, -0.15) is 0 Å². The Morgan fingerprint density at radius 1 is 0.895 bits per heavy atom. The second-order valence-electron chi connectivity index (χ2n) is 8.63. The fourth-order valence-electron chi connectivity index (χ4n) is 3.92. The molecule has 1 aliphatic rings. The van der Waals surface area contributed by atoms with E-state index in [1.807, 2.05) is 0 Å². The topological polar surface area (TPSA) is 157 Å². The third kappa shape index (κ3) is 6.71. The lowest BCUT2D eigenvalue weighted by Crippen LogP contribution is -2.49. The van der Waals surface area contributed by atoms with Crippen LogP contribution in [0.2, 0.25) is 0 Å². The maximum atomic E-state index is 12.9. The number of phenols is 1. The van der Waals surface area contributed by atoms with Crippen molar-refractivity contribution >= 4 is 23.5 Å². The Morgan fingerprint density at radius 2 is 1.50 bits per heavy atom. The van der Waals surface area contributed by atoms with Crippen LogP contribution in [0.25, 0.3) is 0 Å². The molecule has 1 amide bonds. The molecule has 1 saturated heterocycles. The summed E-state index contributed by atoms with van der Waals surface area (Å²) >= 11 is 0. The maximum absolute atomic E-state index is 12.9. The van der Waals surface area contributed by atoms with Gasteiger partial charge in [0, 0.05) is 24.2 Å². The number of nitro groups is 1. The van der Waals surface area contributed by atoms with Gasteiger partial charge in [0.25, 0.3) is 11.6 Å². The smallest absolute Gasteiger partial charge is 0.343 e. The highest BCUT2D eigenvalue weighted by Crippen LogP contribution is 2.19. The first-order valence-corrected chi connectivity index (χ1v) is 11.9. The van der Waals surface area contributed by atoms with Crippen LogP contribution < -0.4 is 15.4 Å². The molecule has 0 aliphatic carbocycles. The van der Waals surface area contributed by atoms with Crippen LogP contribution in [0, 0.1) is 10.1 Å². The predicted molar refractivity (Wildman–Crippen MR) is 135 cm³/mol. The van der Waals surface area contributed by atoms with Crippen molar-refractivity contribution in [1.82, 2.24) is 10.6 Å². The van der Waals surface area contributed by atoms with Crippen molar-refractivity contribution < 1.29 is 33.9 Å². The maximum Gasteiger partial charge on any atom is 0.343 e. The Hall–Kier alpha value is -4.77. The highest BCUT2D eigenvalue weighted by Gasteiger charge is 2.29. The number of nitrogens with one attached hydrogen (secondary N) is 2. The number of rotatable bonds is 7. The molecule has 0 aromatic heterocycles. The molecule has 196 valence electrons. The van der Waals surface area contributed by atoms with Gasteiger partial charge in [-0.1, -0.05) is 0 Å². The Labute approximate surface area is 217 Å². The van der Waals surface area contributed by atoms with Gasteiger partial charge in [-0.3, -0.25) is 14.9 Å². The Bertz CT molecular complexity index is 1310. The minimum Gasteiger partial charge on any atom is -0.508 e. The van der Waals surface area contributed by atoms with Crippen LogP contribution in [0.1, 0.15) is 43.9 Å². The molecule has 3 aromatic carbocycles. The fraction of sp³-hybridized carbons (Fsp3) is 0.222. The minimum atomic E-state index is -0.701. The molecule has 11 nitrogen and oxygen atoms in total. The molecule has 1 fully saturated rings. The normalized spacial score (nSPS) is 17.1. The molecule has 3 aromatic rings. The van der Waals surface area contributed by atoms with Crippen molar-refractivity contribution in [3.8, 4) is 11.5 Å². The summed E-state index contributed by atoms with van der Waals surface area (Å²) < 4.78 is 11.0. The molecule has 3 N–H and O–H groups in total. The molecule has 38 heavy (non-hydrogen) atoms. The number of non-ortho nitro benzene ring substituents is 1. The summed E-state index contributed by atoms with van der Waals surface area (Å²) in [5.41, 5.74) is 0.606. The molecule has 0 saturated carbocycles. The Kier molecular flexibility index (Phi) is 8.29. The van der Waals surface area contributed by atoms with Crippen molar-refractivity contribution in [2.45, 2.75) is 25.0 Å². The second kappa shape index (κ2) is 12.0. The van der Waals surface area contributed by atoms with E-state index in [0.717, 1.165) is 6.42 Å². The van der Waals surface area contributed by atoms with Gasteiger partial charge in [-0.05, 0) is 80.1 Å². The number of ether oxygens (including phenoxy) is 2. The molecule has 4 rings (SSSR count). The SMILES string of the molecule is O=C(N[C@@H]1CNCCC[C@H]1OC(=O)c1ccc(OC(=O)c2ccc([N+](=O)[O-])cc2)cc1)c1ccc(O)cc1. The first-order valence-electron chi connectivity index (χ1n) is 11.9. The van der Waals surface area contributed by atoms with E-state index in [-0.39, 0.29) is 34.2 Å².